The predicted octanol–water partition coefficient (Wildman–Crippen LogP) is 2.08. The van der Waals surface area contributed by atoms with E-state index >= 15 is 0 Å². The zero-order chi connectivity index (χ0) is 23.1. The SMILES string of the molecule is C[N+](C)(CCc1ccccc1)C1C2CCC1C(OC(=O)C(O)(c1cccs1)c1cccs1)C2.[Br-]. The molecule has 2 aliphatic carbocycles. The average molecular weight is 563 g/mol. The number of thiophene rings is 2. The summed E-state index contributed by atoms with van der Waals surface area (Å²) in [5, 5.41) is 15.4. The first-order valence-electron chi connectivity index (χ1n) is 11.8. The van der Waals surface area contributed by atoms with Crippen LogP contribution < -0.4 is 17.0 Å². The molecule has 5 rings (SSSR count). The van der Waals surface area contributed by atoms with E-state index in [-0.39, 0.29) is 23.1 Å². The van der Waals surface area contributed by atoms with E-state index < -0.39 is 11.6 Å². The molecule has 2 heterocycles. The van der Waals surface area contributed by atoms with Crippen molar-refractivity contribution in [2.24, 2.45) is 11.8 Å². The smallest absolute Gasteiger partial charge is 0.349 e. The Labute approximate surface area is 220 Å². The number of quaternary nitrogens is 1. The van der Waals surface area contributed by atoms with Gasteiger partial charge in [0.1, 0.15) is 6.10 Å². The number of halogens is 1. The number of ether oxygens (including phenoxy) is 1. The minimum absolute atomic E-state index is 0. The maximum absolute atomic E-state index is 13.5. The Morgan fingerprint density at radius 3 is 2.26 bits per heavy atom. The lowest BCUT2D eigenvalue weighted by Gasteiger charge is -2.39. The van der Waals surface area contributed by atoms with Gasteiger partial charge in [0.25, 0.3) is 0 Å². The van der Waals surface area contributed by atoms with E-state index in [1.165, 1.54) is 34.7 Å². The minimum Gasteiger partial charge on any atom is -1.00 e. The summed E-state index contributed by atoms with van der Waals surface area (Å²) in [6.45, 7) is 1.07. The summed E-state index contributed by atoms with van der Waals surface area (Å²) in [4.78, 5) is 14.7. The topological polar surface area (TPSA) is 46.5 Å². The molecule has 2 fully saturated rings. The van der Waals surface area contributed by atoms with Crippen molar-refractivity contribution in [3.05, 3.63) is 80.7 Å². The van der Waals surface area contributed by atoms with Crippen molar-refractivity contribution < 1.29 is 36.1 Å². The molecule has 4 nitrogen and oxygen atoms in total. The highest BCUT2D eigenvalue weighted by atomic mass is 79.9. The standard InChI is InChI=1S/C27H32NO3S2.BrH/c1-28(2,15-14-19-8-4-3-5-9-19)25-20-12-13-21(25)22(18-20)31-26(29)27(30,23-10-6-16-32-23)24-11-7-17-33-24;/h3-11,16-17,20-22,25,30H,12-15,18H2,1-2H3;1H/q+1;/p-1. The van der Waals surface area contributed by atoms with Crippen molar-refractivity contribution in [2.45, 2.75) is 43.4 Å². The van der Waals surface area contributed by atoms with Gasteiger partial charge in [-0.15, -0.1) is 22.7 Å². The quantitative estimate of drug-likeness (QED) is 0.338. The van der Waals surface area contributed by atoms with E-state index in [4.69, 9.17) is 4.74 Å². The zero-order valence-electron chi connectivity index (χ0n) is 19.6. The number of rotatable bonds is 8. The monoisotopic (exact) mass is 561 g/mol. The number of aliphatic hydroxyl groups is 1. The third kappa shape index (κ3) is 4.65. The summed E-state index contributed by atoms with van der Waals surface area (Å²) >= 11 is 2.78. The number of hydrogen-bond acceptors (Lipinski definition) is 5. The van der Waals surface area contributed by atoms with Gasteiger partial charge in [-0.05, 0) is 47.7 Å². The van der Waals surface area contributed by atoms with Gasteiger partial charge in [0.2, 0.25) is 5.60 Å². The first kappa shape index (κ1) is 25.6. The van der Waals surface area contributed by atoms with E-state index in [9.17, 15) is 9.90 Å². The fourth-order valence-electron chi connectivity index (χ4n) is 6.18. The van der Waals surface area contributed by atoms with Crippen LogP contribution in [0, 0.1) is 11.8 Å². The van der Waals surface area contributed by atoms with E-state index in [0.29, 0.717) is 27.6 Å². The van der Waals surface area contributed by atoms with Crippen LogP contribution in [0.4, 0.5) is 0 Å². The second-order valence-corrected chi connectivity index (χ2v) is 12.0. The fraction of sp³-hybridized carbons (Fsp3) is 0.444. The second-order valence-electron chi connectivity index (χ2n) is 10.1. The van der Waals surface area contributed by atoms with Crippen LogP contribution >= 0.6 is 22.7 Å². The molecular formula is C27H32BrNO3S2. The van der Waals surface area contributed by atoms with E-state index in [1.54, 1.807) is 0 Å². The maximum Gasteiger partial charge on any atom is 0.349 e. The Bertz CT molecular complexity index is 1030. The number of benzene rings is 1. The highest BCUT2D eigenvalue weighted by Crippen LogP contribution is 2.51. The first-order valence-corrected chi connectivity index (χ1v) is 13.5. The van der Waals surface area contributed by atoms with E-state index in [0.717, 1.165) is 30.3 Å². The van der Waals surface area contributed by atoms with Crippen molar-refractivity contribution in [1.29, 1.82) is 0 Å². The van der Waals surface area contributed by atoms with Crippen LogP contribution in [0.2, 0.25) is 0 Å². The van der Waals surface area contributed by atoms with Gasteiger partial charge in [-0.1, -0.05) is 42.5 Å². The van der Waals surface area contributed by atoms with Gasteiger partial charge in [-0.25, -0.2) is 4.79 Å². The molecule has 0 aliphatic heterocycles. The highest BCUT2D eigenvalue weighted by molar-refractivity contribution is 7.12. The van der Waals surface area contributed by atoms with Crippen molar-refractivity contribution in [2.75, 3.05) is 20.6 Å². The Morgan fingerprint density at radius 1 is 1.03 bits per heavy atom. The number of carbonyl (C=O) groups excluding carboxylic acids is 1. The lowest BCUT2D eigenvalue weighted by atomic mass is 9.96. The maximum atomic E-state index is 13.5. The molecule has 1 aromatic carbocycles. The molecule has 0 amide bonds. The molecule has 2 bridgehead atoms. The molecule has 1 N–H and O–H groups in total. The number of likely N-dealkylation sites (N-methyl/N-ethyl adjacent to an activating group) is 1. The van der Waals surface area contributed by atoms with Gasteiger partial charge in [-0.2, -0.15) is 0 Å². The Morgan fingerprint density at radius 2 is 1.68 bits per heavy atom. The highest BCUT2D eigenvalue weighted by Gasteiger charge is 2.58. The fourth-order valence-corrected chi connectivity index (χ4v) is 7.90. The van der Waals surface area contributed by atoms with Crippen LogP contribution in [0.3, 0.4) is 0 Å². The molecule has 2 aliphatic rings. The summed E-state index contributed by atoms with van der Waals surface area (Å²) < 4.78 is 7.10. The Kier molecular flexibility index (Phi) is 7.70. The summed E-state index contributed by atoms with van der Waals surface area (Å²) in [5.74, 6) is 0.383. The van der Waals surface area contributed by atoms with Gasteiger partial charge in [0.05, 0.1) is 36.4 Å². The third-order valence-corrected chi connectivity index (χ3v) is 9.70. The molecule has 2 aromatic heterocycles. The number of fused-ring (bicyclic) bond motifs is 2. The third-order valence-electron chi connectivity index (χ3n) is 7.74. The molecule has 4 atom stereocenters. The number of esters is 1. The van der Waals surface area contributed by atoms with Crippen LogP contribution in [0.15, 0.2) is 65.4 Å². The van der Waals surface area contributed by atoms with E-state index in [1.807, 2.05) is 35.0 Å². The molecular weight excluding hydrogens is 530 g/mol. The molecule has 3 aromatic rings. The van der Waals surface area contributed by atoms with Gasteiger partial charge in [0.15, 0.2) is 0 Å². The van der Waals surface area contributed by atoms with Crippen LogP contribution in [-0.2, 0) is 21.6 Å². The second kappa shape index (κ2) is 10.2. The molecule has 0 radical (unpaired) electrons. The van der Waals surface area contributed by atoms with Crippen molar-refractivity contribution in [1.82, 2.24) is 0 Å². The molecule has 34 heavy (non-hydrogen) atoms. The lowest BCUT2D eigenvalue weighted by molar-refractivity contribution is -0.919. The molecule has 0 saturated heterocycles. The van der Waals surface area contributed by atoms with Crippen LogP contribution in [0.1, 0.15) is 34.6 Å². The van der Waals surface area contributed by atoms with Crippen molar-refractivity contribution in [3.63, 3.8) is 0 Å². The first-order chi connectivity index (χ1) is 15.9. The van der Waals surface area contributed by atoms with E-state index in [2.05, 4.69) is 44.4 Å². The van der Waals surface area contributed by atoms with Crippen LogP contribution in [0.25, 0.3) is 0 Å². The minimum atomic E-state index is -1.72. The molecule has 0 spiro atoms. The summed E-state index contributed by atoms with van der Waals surface area (Å²) in [6.07, 6.45) is 4.12. The Hall–Kier alpha value is -1.51. The van der Waals surface area contributed by atoms with Gasteiger partial charge >= 0.3 is 5.97 Å². The Balaban J connectivity index is 0.00000274. The summed E-state index contributed by atoms with van der Waals surface area (Å²) in [7, 11) is 4.66. The zero-order valence-corrected chi connectivity index (χ0v) is 22.8. The van der Waals surface area contributed by atoms with Crippen LogP contribution in [0.5, 0.6) is 0 Å². The van der Waals surface area contributed by atoms with Crippen LogP contribution in [-0.4, -0.2) is 48.3 Å². The van der Waals surface area contributed by atoms with Gasteiger partial charge < -0.3 is 31.3 Å². The molecule has 7 heteroatoms. The summed E-state index contributed by atoms with van der Waals surface area (Å²) in [5.41, 5.74) is -0.355. The molecule has 4 unspecified atom stereocenters. The average Bonchev–Trinajstić information content (AvgIpc) is 3.62. The largest absolute Gasteiger partial charge is 1.00 e. The number of hydrogen-bond donors (Lipinski definition) is 1. The molecule has 182 valence electrons. The lowest BCUT2D eigenvalue weighted by Crippen LogP contribution is -3.00. The summed E-state index contributed by atoms with van der Waals surface area (Å²) in [6, 6.07) is 18.5. The van der Waals surface area contributed by atoms with Crippen molar-refractivity contribution >= 4 is 28.6 Å². The normalized spacial score (nSPS) is 24.1. The predicted molar refractivity (Wildman–Crippen MR) is 133 cm³/mol. The van der Waals surface area contributed by atoms with Gasteiger partial charge in [0, 0.05) is 18.3 Å². The number of carbonyl (C=O) groups is 1. The van der Waals surface area contributed by atoms with Gasteiger partial charge in [-0.3, -0.25) is 0 Å². The van der Waals surface area contributed by atoms with Crippen molar-refractivity contribution in [3.8, 4) is 0 Å². The molecule has 2 saturated carbocycles. The number of nitrogens with zero attached hydrogens (tertiary/aromatic N) is 1.